The molecule has 0 saturated carbocycles. The molecule has 1 amide bonds. The summed E-state index contributed by atoms with van der Waals surface area (Å²) >= 11 is 0. The first kappa shape index (κ1) is 14.5. The van der Waals surface area contributed by atoms with Crippen molar-refractivity contribution < 1.29 is 19.4 Å². The summed E-state index contributed by atoms with van der Waals surface area (Å²) in [6.07, 6.45) is 4.55. The fourth-order valence-corrected chi connectivity index (χ4v) is 4.03. The molecule has 1 aromatic rings. The molecule has 5 heteroatoms. The van der Waals surface area contributed by atoms with Crippen molar-refractivity contribution >= 4 is 17.6 Å². The van der Waals surface area contributed by atoms with Crippen LogP contribution >= 0.6 is 0 Å². The highest BCUT2D eigenvalue weighted by Gasteiger charge is 2.54. The van der Waals surface area contributed by atoms with Crippen molar-refractivity contribution in [2.75, 3.05) is 11.4 Å². The van der Waals surface area contributed by atoms with E-state index in [1.165, 1.54) is 5.56 Å². The molecule has 0 aromatic heterocycles. The number of hydrogen-bond donors (Lipinski definition) is 1. The molecule has 1 aromatic carbocycles. The molecule has 1 fully saturated rings. The normalized spacial score (nSPS) is 31.3. The van der Waals surface area contributed by atoms with E-state index in [9.17, 15) is 14.7 Å². The Morgan fingerprint density at radius 1 is 1.22 bits per heavy atom. The van der Waals surface area contributed by atoms with E-state index < -0.39 is 30.0 Å². The van der Waals surface area contributed by atoms with Gasteiger partial charge in [-0.15, -0.1) is 0 Å². The van der Waals surface area contributed by atoms with Gasteiger partial charge >= 0.3 is 5.97 Å². The Morgan fingerprint density at radius 3 is 2.70 bits per heavy atom. The zero-order valence-electron chi connectivity index (χ0n) is 12.9. The molecule has 3 aliphatic heterocycles. The van der Waals surface area contributed by atoms with Gasteiger partial charge in [0.15, 0.2) is 0 Å². The monoisotopic (exact) mass is 313 g/mol. The number of ether oxygens (including phenoxy) is 1. The number of hydrogen-bond acceptors (Lipinski definition) is 3. The maximum Gasteiger partial charge on any atom is 0.310 e. The minimum Gasteiger partial charge on any atom is -0.481 e. The third kappa shape index (κ3) is 2.18. The van der Waals surface area contributed by atoms with Crippen molar-refractivity contribution in [1.82, 2.24) is 0 Å². The first-order chi connectivity index (χ1) is 11.1. The van der Waals surface area contributed by atoms with Crippen molar-refractivity contribution in [3.05, 3.63) is 41.5 Å². The number of carboxylic acid groups (broad SMARTS) is 1. The molecule has 3 heterocycles. The van der Waals surface area contributed by atoms with E-state index in [4.69, 9.17) is 4.74 Å². The average Bonchev–Trinajstić information content (AvgIpc) is 3.14. The molecule has 1 N–H and O–H groups in total. The lowest BCUT2D eigenvalue weighted by Crippen LogP contribution is -2.46. The number of amides is 1. The zero-order chi connectivity index (χ0) is 16.1. The maximum atomic E-state index is 13.1. The number of aliphatic carboxylic acids is 1. The van der Waals surface area contributed by atoms with Crippen LogP contribution in [0, 0.1) is 18.8 Å². The molecule has 5 nitrogen and oxygen atoms in total. The van der Waals surface area contributed by atoms with Gasteiger partial charge in [-0.1, -0.05) is 29.8 Å². The molecular weight excluding hydrogens is 294 g/mol. The van der Waals surface area contributed by atoms with E-state index in [-0.39, 0.29) is 5.91 Å². The van der Waals surface area contributed by atoms with E-state index >= 15 is 0 Å². The van der Waals surface area contributed by atoms with Gasteiger partial charge in [-0.25, -0.2) is 0 Å². The average molecular weight is 313 g/mol. The highest BCUT2D eigenvalue weighted by atomic mass is 16.5. The van der Waals surface area contributed by atoms with E-state index in [0.717, 1.165) is 24.1 Å². The van der Waals surface area contributed by atoms with E-state index in [2.05, 4.69) is 6.07 Å². The van der Waals surface area contributed by atoms with Crippen LogP contribution in [-0.4, -0.2) is 35.7 Å². The van der Waals surface area contributed by atoms with Gasteiger partial charge in [0.2, 0.25) is 5.91 Å². The number of carboxylic acids is 1. The lowest BCUT2D eigenvalue weighted by Gasteiger charge is -2.33. The summed E-state index contributed by atoms with van der Waals surface area (Å²) in [7, 11) is 0. The molecule has 0 aliphatic carbocycles. The third-order valence-electron chi connectivity index (χ3n) is 5.09. The second kappa shape index (κ2) is 5.20. The molecule has 0 spiro atoms. The number of carbonyl (C=O) groups is 2. The fourth-order valence-electron chi connectivity index (χ4n) is 4.03. The van der Waals surface area contributed by atoms with Gasteiger partial charge in [-0.2, -0.15) is 0 Å². The second-order valence-corrected chi connectivity index (χ2v) is 6.57. The van der Waals surface area contributed by atoms with Gasteiger partial charge in [0.25, 0.3) is 0 Å². The number of fused-ring (bicyclic) bond motifs is 3. The van der Waals surface area contributed by atoms with Gasteiger partial charge in [-0.3, -0.25) is 9.59 Å². The Kier molecular flexibility index (Phi) is 3.27. The summed E-state index contributed by atoms with van der Waals surface area (Å²) < 4.78 is 5.64. The molecule has 4 atom stereocenters. The summed E-state index contributed by atoms with van der Waals surface area (Å²) in [4.78, 5) is 26.5. The van der Waals surface area contributed by atoms with Crippen molar-refractivity contribution in [2.24, 2.45) is 11.8 Å². The van der Waals surface area contributed by atoms with Crippen molar-refractivity contribution in [3.8, 4) is 0 Å². The second-order valence-electron chi connectivity index (χ2n) is 6.57. The van der Waals surface area contributed by atoms with E-state index in [1.807, 2.05) is 25.1 Å². The van der Waals surface area contributed by atoms with E-state index in [0.29, 0.717) is 6.54 Å². The Balaban J connectivity index is 1.68. The van der Waals surface area contributed by atoms with Crippen LogP contribution in [0.25, 0.3) is 0 Å². The number of anilines is 1. The maximum absolute atomic E-state index is 13.1. The highest BCUT2D eigenvalue weighted by molar-refractivity contribution is 5.99. The smallest absolute Gasteiger partial charge is 0.310 e. The van der Waals surface area contributed by atoms with Crippen LogP contribution in [-0.2, 0) is 20.7 Å². The Bertz CT molecular complexity index is 711. The molecule has 0 radical (unpaired) electrons. The molecule has 4 rings (SSSR count). The summed E-state index contributed by atoms with van der Waals surface area (Å²) in [5.74, 6) is -2.50. The summed E-state index contributed by atoms with van der Waals surface area (Å²) in [6.45, 7) is 2.68. The Hall–Kier alpha value is -2.14. The van der Waals surface area contributed by atoms with Crippen molar-refractivity contribution in [3.63, 3.8) is 0 Å². The standard InChI is InChI=1S/C18H19NO4/c1-10-4-5-12-11(9-10)3-2-8-19(12)17(20)15-13-6-7-14(23-13)16(15)18(21)22/h4-7,9,13-16H,2-3,8H2,1H3,(H,21,22)/t13-,14-,15-,16-/m1/s1. The number of benzene rings is 1. The zero-order valence-corrected chi connectivity index (χ0v) is 12.9. The number of nitrogens with zero attached hydrogens (tertiary/aromatic N) is 1. The first-order valence-electron chi connectivity index (χ1n) is 8.04. The van der Waals surface area contributed by atoms with Crippen LogP contribution in [0.2, 0.25) is 0 Å². The third-order valence-corrected chi connectivity index (χ3v) is 5.09. The highest BCUT2D eigenvalue weighted by Crippen LogP contribution is 2.41. The first-order valence-corrected chi connectivity index (χ1v) is 8.04. The van der Waals surface area contributed by atoms with Crippen LogP contribution in [0.3, 0.4) is 0 Å². The lowest BCUT2D eigenvalue weighted by atomic mass is 9.81. The number of aryl methyl sites for hydroxylation is 2. The topological polar surface area (TPSA) is 66.8 Å². The van der Waals surface area contributed by atoms with Crippen LogP contribution in [0.15, 0.2) is 30.4 Å². The SMILES string of the molecule is Cc1ccc2c(c1)CCCN2C(=O)[C@H]1[C@H](C(=O)O)[C@H]2C=C[C@H]1O2. The molecule has 3 aliphatic rings. The molecule has 1 saturated heterocycles. The van der Waals surface area contributed by atoms with Gasteiger partial charge in [0.1, 0.15) is 5.92 Å². The van der Waals surface area contributed by atoms with Gasteiger partial charge in [0.05, 0.1) is 18.1 Å². The van der Waals surface area contributed by atoms with Gasteiger partial charge < -0.3 is 14.7 Å². The van der Waals surface area contributed by atoms with Gasteiger partial charge in [-0.05, 0) is 31.4 Å². The summed E-state index contributed by atoms with van der Waals surface area (Å²) in [5.41, 5.74) is 3.26. The van der Waals surface area contributed by atoms with Crippen LogP contribution < -0.4 is 4.90 Å². The number of carbonyl (C=O) groups excluding carboxylic acids is 1. The van der Waals surface area contributed by atoms with Gasteiger partial charge in [0, 0.05) is 12.2 Å². The molecule has 120 valence electrons. The van der Waals surface area contributed by atoms with Crippen molar-refractivity contribution in [1.29, 1.82) is 0 Å². The molecule has 0 unspecified atom stereocenters. The van der Waals surface area contributed by atoms with Crippen LogP contribution in [0.4, 0.5) is 5.69 Å². The van der Waals surface area contributed by atoms with Crippen molar-refractivity contribution in [2.45, 2.75) is 32.0 Å². The van der Waals surface area contributed by atoms with Crippen LogP contribution in [0.5, 0.6) is 0 Å². The Morgan fingerprint density at radius 2 is 1.96 bits per heavy atom. The fraction of sp³-hybridized carbons (Fsp3) is 0.444. The minimum absolute atomic E-state index is 0.126. The molecule has 23 heavy (non-hydrogen) atoms. The largest absolute Gasteiger partial charge is 0.481 e. The van der Waals surface area contributed by atoms with E-state index in [1.54, 1.807) is 11.0 Å². The molecular formula is C18H19NO4. The summed E-state index contributed by atoms with van der Waals surface area (Å²) in [5, 5.41) is 9.50. The predicted octanol–water partition coefficient (Wildman–Crippen LogP) is 1.93. The lowest BCUT2D eigenvalue weighted by molar-refractivity contribution is -0.146. The molecule has 2 bridgehead atoms. The van der Waals surface area contributed by atoms with Crippen LogP contribution in [0.1, 0.15) is 17.5 Å². The predicted molar refractivity (Wildman–Crippen MR) is 84.3 cm³/mol. The Labute approximate surface area is 134 Å². The quantitative estimate of drug-likeness (QED) is 0.847. The minimum atomic E-state index is -0.957. The number of rotatable bonds is 2. The summed E-state index contributed by atoms with van der Waals surface area (Å²) in [6, 6.07) is 6.08.